The standard InChI is InChI=1S/C30H47N11O5/c1-18(2)15-21(17-25(43)40-24(26(31)44)16-20-9-5-4-6-10-20)39-27(45)23(12-8-14-37-30(34)35)41-28(46)22(38-19(3)42)11-7-13-36-29(32)33/h4-12,18,21-24H,13-17H2,1-3H3,(H2,31,44)(H,38,42)(H,39,45)(H,40,43)(H,41,46)(H4,32,33,36)(H4,34,35,37)/b11-7+,12-8+/t21-,22-,23-,24-/m0/s1. The van der Waals surface area contributed by atoms with Crippen molar-refractivity contribution in [1.82, 2.24) is 21.3 Å². The zero-order valence-electron chi connectivity index (χ0n) is 26.4. The normalized spacial score (nSPS) is 13.7. The lowest BCUT2D eigenvalue weighted by Gasteiger charge is -2.25. The Morgan fingerprint density at radius 2 is 1.28 bits per heavy atom. The van der Waals surface area contributed by atoms with Crippen LogP contribution in [0.25, 0.3) is 0 Å². The van der Waals surface area contributed by atoms with Crippen LogP contribution in [0.5, 0.6) is 0 Å². The van der Waals surface area contributed by atoms with Gasteiger partial charge in [-0.1, -0.05) is 68.5 Å². The summed E-state index contributed by atoms with van der Waals surface area (Å²) >= 11 is 0. The summed E-state index contributed by atoms with van der Waals surface area (Å²) in [6.07, 6.45) is 6.13. The molecule has 0 aliphatic rings. The molecule has 16 heteroatoms. The Kier molecular flexibility index (Phi) is 17.2. The number of carbonyl (C=O) groups is 5. The Labute approximate surface area is 268 Å². The maximum atomic E-state index is 13.5. The van der Waals surface area contributed by atoms with Crippen LogP contribution in [0.1, 0.15) is 39.2 Å². The highest BCUT2D eigenvalue weighted by molar-refractivity contribution is 5.94. The number of hydrogen-bond acceptors (Lipinski definition) is 7. The predicted molar refractivity (Wildman–Crippen MR) is 176 cm³/mol. The van der Waals surface area contributed by atoms with Gasteiger partial charge in [0.15, 0.2) is 11.9 Å². The van der Waals surface area contributed by atoms with E-state index < -0.39 is 53.7 Å². The van der Waals surface area contributed by atoms with Crippen LogP contribution >= 0.6 is 0 Å². The van der Waals surface area contributed by atoms with Gasteiger partial charge in [-0.15, -0.1) is 0 Å². The fraction of sp³-hybridized carbons (Fsp3) is 0.433. The van der Waals surface area contributed by atoms with E-state index in [1.54, 1.807) is 0 Å². The first-order chi connectivity index (χ1) is 21.7. The number of amides is 5. The first kappa shape index (κ1) is 38.6. The number of carbonyl (C=O) groups excluding carboxylic acids is 5. The molecule has 1 aromatic carbocycles. The van der Waals surface area contributed by atoms with Crippen LogP contribution in [0.15, 0.2) is 64.6 Å². The van der Waals surface area contributed by atoms with E-state index in [-0.39, 0.29) is 43.8 Å². The maximum absolute atomic E-state index is 13.5. The van der Waals surface area contributed by atoms with E-state index in [0.29, 0.717) is 6.42 Å². The number of nitrogens with zero attached hydrogens (tertiary/aromatic N) is 2. The Hall–Kier alpha value is -5.41. The van der Waals surface area contributed by atoms with Crippen molar-refractivity contribution in [2.75, 3.05) is 13.1 Å². The second-order valence-electron chi connectivity index (χ2n) is 10.8. The summed E-state index contributed by atoms with van der Waals surface area (Å²) in [7, 11) is 0. The highest BCUT2D eigenvalue weighted by Gasteiger charge is 2.27. The van der Waals surface area contributed by atoms with Gasteiger partial charge in [-0.05, 0) is 17.9 Å². The molecule has 0 saturated carbocycles. The molecule has 4 atom stereocenters. The van der Waals surface area contributed by atoms with E-state index in [1.807, 2.05) is 44.2 Å². The van der Waals surface area contributed by atoms with Crippen LogP contribution in [0.3, 0.4) is 0 Å². The Morgan fingerprint density at radius 3 is 1.76 bits per heavy atom. The van der Waals surface area contributed by atoms with Gasteiger partial charge in [0.05, 0.1) is 13.1 Å². The third kappa shape index (κ3) is 17.0. The minimum atomic E-state index is -1.25. The second kappa shape index (κ2) is 20.5. The number of benzene rings is 1. The van der Waals surface area contributed by atoms with Gasteiger partial charge in [-0.25, -0.2) is 9.98 Å². The van der Waals surface area contributed by atoms with Crippen molar-refractivity contribution < 1.29 is 24.0 Å². The molecule has 0 fully saturated rings. The fourth-order valence-corrected chi connectivity index (χ4v) is 4.18. The zero-order valence-corrected chi connectivity index (χ0v) is 26.4. The molecule has 0 heterocycles. The molecule has 0 bridgehead atoms. The minimum absolute atomic E-state index is 0.0171. The largest absolute Gasteiger partial charge is 0.370 e. The highest BCUT2D eigenvalue weighted by Crippen LogP contribution is 2.10. The number of rotatable bonds is 19. The van der Waals surface area contributed by atoms with Crippen molar-refractivity contribution in [1.29, 1.82) is 0 Å². The first-order valence-corrected chi connectivity index (χ1v) is 14.6. The lowest BCUT2D eigenvalue weighted by Crippen LogP contribution is -2.54. The molecule has 0 spiro atoms. The Bertz CT molecular complexity index is 1290. The molecule has 5 amide bonds. The van der Waals surface area contributed by atoms with E-state index in [4.69, 9.17) is 28.7 Å². The number of primary amides is 1. The lowest BCUT2D eigenvalue weighted by molar-refractivity contribution is -0.130. The molecule has 0 radical (unpaired) electrons. The molecule has 16 nitrogen and oxygen atoms in total. The van der Waals surface area contributed by atoms with Gasteiger partial charge in [-0.2, -0.15) is 0 Å². The number of nitrogens with one attached hydrogen (secondary N) is 4. The molecular formula is C30H47N11O5. The number of nitrogens with two attached hydrogens (primary N) is 5. The van der Waals surface area contributed by atoms with Crippen LogP contribution in [-0.2, 0) is 30.4 Å². The molecule has 0 aliphatic heterocycles. The maximum Gasteiger partial charge on any atom is 0.247 e. The number of aliphatic imine (C=N–C) groups is 2. The van der Waals surface area contributed by atoms with Crippen molar-refractivity contribution in [3.8, 4) is 0 Å². The van der Waals surface area contributed by atoms with E-state index in [0.717, 1.165) is 5.56 Å². The van der Waals surface area contributed by atoms with Crippen molar-refractivity contribution >= 4 is 41.5 Å². The molecule has 0 aliphatic carbocycles. The summed E-state index contributed by atoms with van der Waals surface area (Å²) in [5, 5.41) is 10.5. The molecule has 1 aromatic rings. The zero-order chi connectivity index (χ0) is 34.6. The van der Waals surface area contributed by atoms with Crippen LogP contribution < -0.4 is 49.9 Å². The third-order valence-corrected chi connectivity index (χ3v) is 6.13. The van der Waals surface area contributed by atoms with Crippen molar-refractivity contribution in [3.63, 3.8) is 0 Å². The topological polar surface area (TPSA) is 288 Å². The van der Waals surface area contributed by atoms with Gasteiger partial charge in [-0.3, -0.25) is 24.0 Å². The van der Waals surface area contributed by atoms with Gasteiger partial charge in [0.2, 0.25) is 29.5 Å². The van der Waals surface area contributed by atoms with Gasteiger partial charge in [0.25, 0.3) is 0 Å². The smallest absolute Gasteiger partial charge is 0.247 e. The Balaban J connectivity index is 3.16. The van der Waals surface area contributed by atoms with Gasteiger partial charge < -0.3 is 49.9 Å². The fourth-order valence-electron chi connectivity index (χ4n) is 4.18. The molecule has 14 N–H and O–H groups in total. The summed E-state index contributed by atoms with van der Waals surface area (Å²) < 4.78 is 0. The van der Waals surface area contributed by atoms with E-state index in [1.165, 1.54) is 31.2 Å². The van der Waals surface area contributed by atoms with Crippen molar-refractivity contribution in [2.24, 2.45) is 44.6 Å². The summed E-state index contributed by atoms with van der Waals surface area (Å²) in [5.41, 5.74) is 27.7. The molecule has 0 aromatic heterocycles. The lowest BCUT2D eigenvalue weighted by atomic mass is 9.99. The van der Waals surface area contributed by atoms with E-state index in [9.17, 15) is 24.0 Å². The monoisotopic (exact) mass is 641 g/mol. The molecule has 0 unspecified atom stereocenters. The molecule has 0 saturated heterocycles. The van der Waals surface area contributed by atoms with Crippen LogP contribution in [0.2, 0.25) is 0 Å². The number of hydrogen-bond donors (Lipinski definition) is 9. The summed E-state index contributed by atoms with van der Waals surface area (Å²) in [6.45, 7) is 5.13. The summed E-state index contributed by atoms with van der Waals surface area (Å²) in [4.78, 5) is 71.2. The molecule has 252 valence electrons. The minimum Gasteiger partial charge on any atom is -0.370 e. The van der Waals surface area contributed by atoms with Gasteiger partial charge in [0.1, 0.15) is 18.1 Å². The van der Waals surface area contributed by atoms with Crippen molar-refractivity contribution in [3.05, 3.63) is 60.2 Å². The van der Waals surface area contributed by atoms with E-state index >= 15 is 0 Å². The third-order valence-electron chi connectivity index (χ3n) is 6.13. The highest BCUT2D eigenvalue weighted by atomic mass is 16.2. The van der Waals surface area contributed by atoms with Crippen molar-refractivity contribution in [2.45, 2.75) is 64.2 Å². The first-order valence-electron chi connectivity index (χ1n) is 14.6. The average molecular weight is 642 g/mol. The quantitative estimate of drug-likeness (QED) is 0.0448. The predicted octanol–water partition coefficient (Wildman–Crippen LogP) is -2.23. The average Bonchev–Trinajstić information content (AvgIpc) is 2.95. The summed E-state index contributed by atoms with van der Waals surface area (Å²) in [6, 6.07) is 5.04. The number of guanidine groups is 2. The molecular weight excluding hydrogens is 594 g/mol. The SMILES string of the molecule is CC(=O)N[C@@H](/C=C/CN=C(N)N)C(=O)N[C@@H](/C=C/CN=C(N)N)C(=O)N[C@H](CC(=O)N[C@@H](Cc1ccccc1)C(N)=O)CC(C)C. The molecule has 46 heavy (non-hydrogen) atoms. The van der Waals surface area contributed by atoms with Gasteiger partial charge in [0, 0.05) is 25.8 Å². The van der Waals surface area contributed by atoms with E-state index in [2.05, 4.69) is 31.3 Å². The Morgan fingerprint density at radius 1 is 0.761 bits per heavy atom. The van der Waals surface area contributed by atoms with Crippen LogP contribution in [-0.4, -0.2) is 78.7 Å². The van der Waals surface area contributed by atoms with Crippen LogP contribution in [0.4, 0.5) is 0 Å². The second-order valence-corrected chi connectivity index (χ2v) is 10.8. The van der Waals surface area contributed by atoms with Crippen LogP contribution in [0, 0.1) is 5.92 Å². The summed E-state index contributed by atoms with van der Waals surface area (Å²) in [5.74, 6) is -3.31. The van der Waals surface area contributed by atoms with Gasteiger partial charge >= 0.3 is 0 Å². The molecule has 1 rings (SSSR count).